The fourth-order valence-corrected chi connectivity index (χ4v) is 40.8. The lowest BCUT2D eigenvalue weighted by atomic mass is 10.0. The number of rotatable bonds is 54. The average Bonchev–Trinajstić information content (AvgIpc) is 0.744. The van der Waals surface area contributed by atoms with Gasteiger partial charge in [-0.3, -0.25) is 0 Å². The van der Waals surface area contributed by atoms with Gasteiger partial charge in [0.1, 0.15) is 12.2 Å². The van der Waals surface area contributed by atoms with E-state index in [1.807, 2.05) is 43.4 Å². The standard InChI is InChI=1S/C49H66N2O10Si3.C30H47NO6Si2.C22H29NO3Si/c1-62(2,22-8-19-56-34-47(53)31-50-45-17-15-41-25-37-11-4-6-13-39(37)27-43(41)29-45)59-64(24-10-21-58-36-49(55)33-52)60-63(3,61-64)23-9-20-57-35-48(54)32-51-46-18-16-42-26-38-12-5-7-14-40(38)28-44(42)30-46;1-38(2,37-39(3,4)16-8-14-36-23-30(34)21-32)15-7-13-35-22-29(33)20-31-28-12-11-26-17-24-9-5-6-10-25(24)18-27(26)19-28;1-27(2,25)11-5-10-26-16-22(24)15-23-21-9-8-19-12-17-6-3-4-7-18(17)13-20(19)14-21/h4-7,11-18,25-30,47-55H,8-10,19-24,31-36H2,1-3H3;5-6,9-12,17-19,29-34H,7-8,13-16,20-23H2,1-4H3;3-4,6-9,12-14,22-25H,5,10-11,15-16H2,1-2H3. The van der Waals surface area contributed by atoms with Gasteiger partial charge in [-0.2, -0.15) is 0 Å². The number of anilines is 4. The molecule has 1 aliphatic heterocycles. The van der Waals surface area contributed by atoms with E-state index in [1.165, 1.54) is 75.4 Å². The fraction of sp³-hybridized carbons (Fsp3) is 0.446. The zero-order chi connectivity index (χ0) is 92.6. The van der Waals surface area contributed by atoms with E-state index in [1.54, 1.807) is 0 Å². The summed E-state index contributed by atoms with van der Waals surface area (Å²) in [6.45, 7) is 24.8. The SMILES string of the molecule is C[Si](C)(CCCOCC(O)CNc1ccc2cc3ccccc3cc2c1)O[Si]1(CCCOCC(O)CO)O[Si](C)(CCCOCC(O)CNc2ccc3cc4ccccc4cc3c2)O1.C[Si](C)(CCCOCC(O)CO)O[Si](C)(C)CCCOCC(O)CNc1ccc2cc3ccccc3cc2c1.C[Si](C)(O)CCCOCC(O)CNc1ccc2cc3ccccc3cc2c1. The molecule has 0 bridgehead atoms. The zero-order valence-electron chi connectivity index (χ0n) is 77.6. The maximum atomic E-state index is 10.7. The third kappa shape index (κ3) is 34.7. The van der Waals surface area contributed by atoms with E-state index in [4.69, 9.17) is 55.1 Å². The lowest BCUT2D eigenvalue weighted by Gasteiger charge is -2.53. The van der Waals surface area contributed by atoms with Crippen molar-refractivity contribution in [3.8, 4) is 0 Å². The predicted molar refractivity (Wildman–Crippen MR) is 545 cm³/mol. The molecule has 23 nitrogen and oxygen atoms in total. The highest BCUT2D eigenvalue weighted by atomic mass is 28.6. The van der Waals surface area contributed by atoms with Crippen molar-refractivity contribution in [3.63, 3.8) is 0 Å². The van der Waals surface area contributed by atoms with Crippen LogP contribution in [0.15, 0.2) is 218 Å². The van der Waals surface area contributed by atoms with Crippen molar-refractivity contribution in [1.82, 2.24) is 0 Å². The summed E-state index contributed by atoms with van der Waals surface area (Å²) < 4.78 is 61.2. The minimum absolute atomic E-state index is 0.0675. The summed E-state index contributed by atoms with van der Waals surface area (Å²) in [6, 6.07) is 81.1. The molecule has 12 aromatic carbocycles. The van der Waals surface area contributed by atoms with Gasteiger partial charge in [-0.1, -0.05) is 121 Å². The lowest BCUT2D eigenvalue weighted by molar-refractivity contribution is 0.00548. The van der Waals surface area contributed by atoms with Crippen molar-refractivity contribution in [2.45, 2.75) is 170 Å². The molecule has 130 heavy (non-hydrogen) atoms. The first-order chi connectivity index (χ1) is 62.4. The maximum absolute atomic E-state index is 10.7. The first-order valence-corrected chi connectivity index (χ1v) is 63.3. The van der Waals surface area contributed by atoms with Crippen LogP contribution in [0.25, 0.3) is 86.2 Å². The highest BCUT2D eigenvalue weighted by Gasteiger charge is 2.63. The molecule has 6 unspecified atom stereocenters. The van der Waals surface area contributed by atoms with Gasteiger partial charge in [0.25, 0.3) is 0 Å². The summed E-state index contributed by atoms with van der Waals surface area (Å²) in [6.07, 6.45) is 0.684. The summed E-state index contributed by atoms with van der Waals surface area (Å²) in [5.74, 6) is 0. The Morgan fingerprint density at radius 3 is 0.808 bits per heavy atom. The third-order valence-corrected chi connectivity index (χ3v) is 45.3. The molecular weight excluding hydrogens is 1740 g/mol. The van der Waals surface area contributed by atoms with Gasteiger partial charge in [-0.25, -0.2) is 0 Å². The van der Waals surface area contributed by atoms with E-state index in [9.17, 15) is 35.4 Å². The van der Waals surface area contributed by atoms with Crippen LogP contribution < -0.4 is 21.3 Å². The maximum Gasteiger partial charge on any atom is 0.472 e. The van der Waals surface area contributed by atoms with Crippen molar-refractivity contribution in [1.29, 1.82) is 0 Å². The molecule has 6 atom stereocenters. The second kappa shape index (κ2) is 50.7. The first kappa shape index (κ1) is 103. The van der Waals surface area contributed by atoms with Crippen LogP contribution in [0.4, 0.5) is 22.7 Å². The molecule has 0 aromatic heterocycles. The minimum atomic E-state index is -2.97. The van der Waals surface area contributed by atoms with E-state index >= 15 is 0 Å². The van der Waals surface area contributed by atoms with E-state index < -0.39 is 87.3 Å². The number of ether oxygens (including phenoxy) is 6. The lowest BCUT2D eigenvalue weighted by Crippen LogP contribution is -2.72. The summed E-state index contributed by atoms with van der Waals surface area (Å²) >= 11 is 0. The molecule has 13 N–H and O–H groups in total. The van der Waals surface area contributed by atoms with Crippen molar-refractivity contribution in [2.24, 2.45) is 0 Å². The minimum Gasteiger partial charge on any atom is -0.455 e. The van der Waals surface area contributed by atoms with Gasteiger partial charge in [-0.15, -0.1) is 0 Å². The molecule has 0 amide bonds. The number of hydrogen-bond donors (Lipinski definition) is 13. The Bertz CT molecular complexity index is 5460. The van der Waals surface area contributed by atoms with Crippen LogP contribution in [0.2, 0.25) is 95.2 Å². The van der Waals surface area contributed by atoms with Gasteiger partial charge in [-0.05, 0) is 311 Å². The third-order valence-electron chi connectivity index (χ3n) is 23.0. The molecule has 1 fully saturated rings. The van der Waals surface area contributed by atoms with E-state index in [0.717, 1.165) is 95.8 Å². The Morgan fingerprint density at radius 2 is 0.531 bits per heavy atom. The highest BCUT2D eigenvalue weighted by molar-refractivity contribution is 6.95. The Labute approximate surface area is 773 Å². The number of hydrogen-bond acceptors (Lipinski definition) is 23. The van der Waals surface area contributed by atoms with Crippen LogP contribution in [-0.2, 0) is 44.9 Å². The molecule has 1 heterocycles. The number of aliphatic hydroxyl groups is 8. The molecule has 12 aromatic rings. The van der Waals surface area contributed by atoms with Gasteiger partial charge in [0.15, 0.2) is 33.3 Å². The molecule has 29 heteroatoms. The van der Waals surface area contributed by atoms with Crippen LogP contribution in [0, 0.1) is 0 Å². The van der Waals surface area contributed by atoms with E-state index in [-0.39, 0.29) is 39.6 Å². The second-order valence-electron chi connectivity index (χ2n) is 37.2. The van der Waals surface area contributed by atoms with Gasteiger partial charge >= 0.3 is 17.4 Å². The topological polar surface area (TPSA) is 322 Å². The van der Waals surface area contributed by atoms with Gasteiger partial charge in [0, 0.05) is 94.6 Å². The van der Waals surface area contributed by atoms with Crippen LogP contribution in [-0.4, -0.2) is 252 Å². The van der Waals surface area contributed by atoms with Gasteiger partial charge < -0.3 is 112 Å². The molecule has 704 valence electrons. The Morgan fingerprint density at radius 1 is 0.292 bits per heavy atom. The zero-order valence-corrected chi connectivity index (χ0v) is 83.6. The molecule has 0 aliphatic carbocycles. The van der Waals surface area contributed by atoms with Crippen LogP contribution >= 0.6 is 0 Å². The average molecular weight is 1880 g/mol. The largest absolute Gasteiger partial charge is 0.472 e. The molecule has 0 radical (unpaired) electrons. The number of nitrogens with one attached hydrogen (secondary N) is 4. The molecule has 1 aliphatic rings. The van der Waals surface area contributed by atoms with Crippen molar-refractivity contribution < 1.29 is 90.5 Å². The normalized spacial score (nSPS) is 16.4. The molecule has 0 spiro atoms. The first-order valence-electron chi connectivity index (χ1n) is 46.3. The molecule has 13 rings (SSSR count). The number of fused-ring (bicyclic) bond motifs is 8. The van der Waals surface area contributed by atoms with Crippen molar-refractivity contribution >= 4 is 160 Å². The fourth-order valence-electron chi connectivity index (χ4n) is 16.4. The summed E-state index contributed by atoms with van der Waals surface area (Å²) in [5.41, 5.74) is 3.89. The molecule has 0 saturated carbocycles. The summed E-state index contributed by atoms with van der Waals surface area (Å²) in [7, 11) is -13.3. The predicted octanol–water partition coefficient (Wildman–Crippen LogP) is 18.1. The van der Waals surface area contributed by atoms with E-state index in [2.05, 4.69) is 255 Å². The second-order valence-corrected chi connectivity index (χ2v) is 61.3. The van der Waals surface area contributed by atoms with Crippen molar-refractivity contribution in [2.75, 3.05) is 140 Å². The summed E-state index contributed by atoms with van der Waals surface area (Å²) in [4.78, 5) is 9.79. The van der Waals surface area contributed by atoms with Crippen LogP contribution in [0.5, 0.6) is 0 Å². The van der Waals surface area contributed by atoms with Crippen LogP contribution in [0.3, 0.4) is 0 Å². The van der Waals surface area contributed by atoms with Crippen LogP contribution in [0.1, 0.15) is 38.5 Å². The molecule has 1 saturated heterocycles. The summed E-state index contributed by atoms with van der Waals surface area (Å²) in [5, 5.41) is 111. The molecular formula is C101H142N4O19Si6. The van der Waals surface area contributed by atoms with Gasteiger partial charge in [0.05, 0.1) is 77.3 Å². The van der Waals surface area contributed by atoms with E-state index in [0.29, 0.717) is 91.5 Å². The Kier molecular flexibility index (Phi) is 40.2. The quantitative estimate of drug-likeness (QED) is 0.00957. The smallest absolute Gasteiger partial charge is 0.455 e. The monoisotopic (exact) mass is 1880 g/mol. The Hall–Kier alpha value is -7.54. The highest BCUT2D eigenvalue weighted by Crippen LogP contribution is 2.42. The number of aliphatic hydroxyl groups excluding tert-OH is 8. The Balaban J connectivity index is 0.000000209. The number of benzene rings is 12. The van der Waals surface area contributed by atoms with Gasteiger partial charge in [0.2, 0.25) is 0 Å². The van der Waals surface area contributed by atoms with Crippen molar-refractivity contribution in [3.05, 3.63) is 218 Å².